The highest BCUT2D eigenvalue weighted by molar-refractivity contribution is 7.78. The Hall–Kier alpha value is -0.900. The molecule has 13 heavy (non-hydrogen) atoms. The minimum Gasteiger partial charge on any atom is -0.317 e. The van der Waals surface area contributed by atoms with Crippen LogP contribution in [0, 0.1) is 0 Å². The highest BCUT2D eigenvalue weighted by Crippen LogP contribution is 2.01. The predicted octanol–water partition coefficient (Wildman–Crippen LogP) is 1.95. The van der Waals surface area contributed by atoms with Crippen LogP contribution in [0.5, 0.6) is 0 Å². The van der Waals surface area contributed by atoms with Crippen LogP contribution in [0.4, 0.5) is 4.79 Å². The zero-order valence-corrected chi connectivity index (χ0v) is 8.83. The number of carbonyl (C=O) groups is 1. The second kappa shape index (κ2) is 6.60. The van der Waals surface area contributed by atoms with Crippen molar-refractivity contribution in [2.75, 3.05) is 19.6 Å². The molecule has 0 heterocycles. The molecule has 0 aliphatic heterocycles. The van der Waals surface area contributed by atoms with Gasteiger partial charge in [-0.25, -0.2) is 4.79 Å². The van der Waals surface area contributed by atoms with Crippen LogP contribution in [0.2, 0.25) is 0 Å². The summed E-state index contributed by atoms with van der Waals surface area (Å²) in [5.74, 6) is 0. The second-order valence-corrected chi connectivity index (χ2v) is 2.96. The van der Waals surface area contributed by atoms with E-state index in [1.165, 1.54) is 4.31 Å². The maximum atomic E-state index is 11.5. The molecule has 0 saturated heterocycles. The lowest BCUT2D eigenvalue weighted by molar-refractivity contribution is 0.192. The molecule has 0 fully saturated rings. The monoisotopic (exact) mass is 200 g/mol. The van der Waals surface area contributed by atoms with E-state index in [1.54, 1.807) is 17.1 Å². The molecule has 0 radical (unpaired) electrons. The Morgan fingerprint density at radius 1 is 1.38 bits per heavy atom. The normalized spacial score (nSPS) is 9.08. The third kappa shape index (κ3) is 4.03. The van der Waals surface area contributed by atoms with Crippen molar-refractivity contribution < 1.29 is 4.79 Å². The summed E-state index contributed by atoms with van der Waals surface area (Å²) in [6.45, 7) is 10.6. The van der Waals surface area contributed by atoms with E-state index < -0.39 is 0 Å². The first-order valence-corrected chi connectivity index (χ1v) is 4.54. The number of urea groups is 1. The number of hydrogen-bond donors (Lipinski definition) is 1. The van der Waals surface area contributed by atoms with E-state index in [0.717, 1.165) is 0 Å². The van der Waals surface area contributed by atoms with Gasteiger partial charge in [-0.05, 0) is 6.92 Å². The first kappa shape index (κ1) is 12.1. The molecular formula is C9H16N2OS. The third-order valence-electron chi connectivity index (χ3n) is 1.49. The zero-order valence-electron chi connectivity index (χ0n) is 7.94. The van der Waals surface area contributed by atoms with Crippen molar-refractivity contribution in [1.29, 1.82) is 0 Å². The van der Waals surface area contributed by atoms with Crippen LogP contribution in [-0.2, 0) is 0 Å². The highest BCUT2D eigenvalue weighted by Gasteiger charge is 2.14. The first-order valence-electron chi connectivity index (χ1n) is 4.14. The van der Waals surface area contributed by atoms with Gasteiger partial charge in [-0.3, -0.25) is 4.31 Å². The van der Waals surface area contributed by atoms with E-state index >= 15 is 0 Å². The molecule has 0 aromatic carbocycles. The predicted molar refractivity (Wildman–Crippen MR) is 58.7 cm³/mol. The maximum absolute atomic E-state index is 11.5. The third-order valence-corrected chi connectivity index (χ3v) is 1.94. The summed E-state index contributed by atoms with van der Waals surface area (Å²) in [5.41, 5.74) is 0. The van der Waals surface area contributed by atoms with Crippen molar-refractivity contribution in [3.8, 4) is 0 Å². The van der Waals surface area contributed by atoms with E-state index in [2.05, 4.69) is 26.0 Å². The molecule has 0 bridgehead atoms. The Morgan fingerprint density at radius 3 is 2.15 bits per heavy atom. The molecule has 0 aromatic rings. The summed E-state index contributed by atoms with van der Waals surface area (Å²) in [7, 11) is 0. The Morgan fingerprint density at radius 2 is 1.85 bits per heavy atom. The smallest absolute Gasteiger partial charge is 0.317 e. The summed E-state index contributed by atoms with van der Waals surface area (Å²) in [5, 5.41) is 0. The zero-order chi connectivity index (χ0) is 10.3. The summed E-state index contributed by atoms with van der Waals surface area (Å²) in [6.07, 6.45) is 3.36. The molecule has 0 aliphatic carbocycles. The lowest BCUT2D eigenvalue weighted by Gasteiger charge is -2.24. The van der Waals surface area contributed by atoms with Gasteiger partial charge in [0.15, 0.2) is 0 Å². The molecule has 0 spiro atoms. The van der Waals surface area contributed by atoms with Gasteiger partial charge in [-0.2, -0.15) is 0 Å². The fourth-order valence-electron chi connectivity index (χ4n) is 0.841. The van der Waals surface area contributed by atoms with E-state index in [1.807, 2.05) is 6.92 Å². The van der Waals surface area contributed by atoms with Gasteiger partial charge >= 0.3 is 6.03 Å². The summed E-state index contributed by atoms with van der Waals surface area (Å²) < 4.78 is 1.35. The topological polar surface area (TPSA) is 23.6 Å². The molecule has 4 heteroatoms. The Balaban J connectivity index is 4.25. The van der Waals surface area contributed by atoms with Crippen LogP contribution in [0.3, 0.4) is 0 Å². The van der Waals surface area contributed by atoms with Gasteiger partial charge in [-0.1, -0.05) is 25.0 Å². The lowest BCUT2D eigenvalue weighted by atomic mass is 10.4. The van der Waals surface area contributed by atoms with E-state index in [9.17, 15) is 4.79 Å². The molecule has 0 atom stereocenters. The van der Waals surface area contributed by atoms with Gasteiger partial charge in [0, 0.05) is 19.6 Å². The molecule has 0 unspecified atom stereocenters. The van der Waals surface area contributed by atoms with Gasteiger partial charge < -0.3 is 4.90 Å². The van der Waals surface area contributed by atoms with Crippen molar-refractivity contribution in [2.24, 2.45) is 0 Å². The molecule has 2 amide bonds. The van der Waals surface area contributed by atoms with Gasteiger partial charge in [0.1, 0.15) is 0 Å². The first-order chi connectivity index (χ1) is 6.17. The number of nitrogens with zero attached hydrogens (tertiary/aromatic N) is 2. The Bertz CT molecular complexity index is 184. The average Bonchev–Trinajstić information content (AvgIpc) is 2.15. The number of carbonyl (C=O) groups excluding carboxylic acids is 1. The minimum absolute atomic E-state index is 0.120. The molecule has 3 nitrogen and oxygen atoms in total. The molecule has 0 saturated carbocycles. The van der Waals surface area contributed by atoms with Crippen molar-refractivity contribution in [3.63, 3.8) is 0 Å². The fourth-order valence-corrected chi connectivity index (χ4v) is 0.967. The summed E-state index contributed by atoms with van der Waals surface area (Å²) in [4.78, 5) is 13.1. The number of thiol groups is 1. The molecule has 0 N–H and O–H groups in total. The molecule has 0 rings (SSSR count). The molecule has 0 aromatic heterocycles. The second-order valence-electron chi connectivity index (χ2n) is 2.48. The van der Waals surface area contributed by atoms with Crippen molar-refractivity contribution in [3.05, 3.63) is 25.3 Å². The maximum Gasteiger partial charge on any atom is 0.330 e. The molecule has 0 aliphatic rings. The largest absolute Gasteiger partial charge is 0.330 e. The van der Waals surface area contributed by atoms with Crippen LogP contribution < -0.4 is 0 Å². The van der Waals surface area contributed by atoms with Crippen LogP contribution in [0.15, 0.2) is 25.3 Å². The Labute approximate surface area is 85.3 Å². The Kier molecular flexibility index (Phi) is 6.14. The molecule has 74 valence electrons. The fraction of sp³-hybridized carbons (Fsp3) is 0.444. The SMILES string of the molecule is C=CCN(CC=C)C(=O)N(S)CC. The van der Waals surface area contributed by atoms with E-state index in [0.29, 0.717) is 19.6 Å². The van der Waals surface area contributed by atoms with E-state index in [-0.39, 0.29) is 6.03 Å². The number of hydrogen-bond acceptors (Lipinski definition) is 2. The standard InChI is InChI=1S/C9H16N2OS/c1-4-7-10(8-5-2)9(12)11(13)6-3/h4-5,13H,1-2,6-8H2,3H3. The van der Waals surface area contributed by atoms with Crippen molar-refractivity contribution in [2.45, 2.75) is 6.92 Å². The highest BCUT2D eigenvalue weighted by atomic mass is 32.1. The summed E-state index contributed by atoms with van der Waals surface area (Å²) >= 11 is 4.02. The number of amides is 2. The quantitative estimate of drug-likeness (QED) is 0.532. The molecular weight excluding hydrogens is 184 g/mol. The van der Waals surface area contributed by atoms with Gasteiger partial charge in [0.25, 0.3) is 0 Å². The van der Waals surface area contributed by atoms with Crippen LogP contribution in [0.25, 0.3) is 0 Å². The van der Waals surface area contributed by atoms with Crippen molar-refractivity contribution >= 4 is 18.8 Å². The van der Waals surface area contributed by atoms with Crippen LogP contribution in [-0.4, -0.2) is 34.9 Å². The lowest BCUT2D eigenvalue weighted by Crippen LogP contribution is -2.38. The summed E-state index contributed by atoms with van der Waals surface area (Å²) in [6, 6.07) is -0.120. The van der Waals surface area contributed by atoms with Crippen molar-refractivity contribution in [1.82, 2.24) is 9.21 Å². The van der Waals surface area contributed by atoms with E-state index in [4.69, 9.17) is 0 Å². The van der Waals surface area contributed by atoms with Crippen LogP contribution in [0.1, 0.15) is 6.92 Å². The number of rotatable bonds is 5. The van der Waals surface area contributed by atoms with Gasteiger partial charge in [0.2, 0.25) is 0 Å². The van der Waals surface area contributed by atoms with Gasteiger partial charge in [0.05, 0.1) is 0 Å². The van der Waals surface area contributed by atoms with Crippen LogP contribution >= 0.6 is 12.8 Å². The minimum atomic E-state index is -0.120. The van der Waals surface area contributed by atoms with Gasteiger partial charge in [-0.15, -0.1) is 13.2 Å². The average molecular weight is 200 g/mol.